The maximum Gasteiger partial charge on any atom is 0.0556 e. The van der Waals surface area contributed by atoms with Gasteiger partial charge in [0.1, 0.15) is 0 Å². The van der Waals surface area contributed by atoms with Crippen LogP contribution >= 0.6 is 11.3 Å². The lowest BCUT2D eigenvalue weighted by Gasteiger charge is -2.18. The van der Waals surface area contributed by atoms with Crippen molar-refractivity contribution in [1.82, 2.24) is 5.43 Å². The van der Waals surface area contributed by atoms with Crippen LogP contribution in [0.2, 0.25) is 0 Å². The molecule has 2 atom stereocenters. The van der Waals surface area contributed by atoms with Gasteiger partial charge in [-0.15, -0.1) is 11.3 Å². The zero-order chi connectivity index (χ0) is 12.1. The SMILES string of the molecule is CCCC(C)CC(NN)c1cc(C)c(C)s1. The number of aryl methyl sites for hydroxylation is 2. The Morgan fingerprint density at radius 2 is 2.12 bits per heavy atom. The minimum Gasteiger partial charge on any atom is -0.271 e. The van der Waals surface area contributed by atoms with E-state index in [-0.39, 0.29) is 0 Å². The monoisotopic (exact) mass is 240 g/mol. The second kappa shape index (κ2) is 6.38. The number of hydrogen-bond acceptors (Lipinski definition) is 3. The zero-order valence-electron chi connectivity index (χ0n) is 10.8. The van der Waals surface area contributed by atoms with Crippen molar-refractivity contribution in [2.45, 2.75) is 53.0 Å². The van der Waals surface area contributed by atoms with Crippen LogP contribution in [0, 0.1) is 19.8 Å². The van der Waals surface area contributed by atoms with Crippen LogP contribution in [0.5, 0.6) is 0 Å². The van der Waals surface area contributed by atoms with Crippen molar-refractivity contribution in [1.29, 1.82) is 0 Å². The first-order valence-corrected chi connectivity index (χ1v) is 6.93. The third kappa shape index (κ3) is 3.58. The zero-order valence-corrected chi connectivity index (χ0v) is 11.7. The van der Waals surface area contributed by atoms with E-state index >= 15 is 0 Å². The molecule has 1 aromatic heterocycles. The third-order valence-electron chi connectivity index (χ3n) is 3.15. The summed E-state index contributed by atoms with van der Waals surface area (Å²) in [7, 11) is 0. The van der Waals surface area contributed by atoms with Crippen LogP contribution in [0.25, 0.3) is 0 Å². The van der Waals surface area contributed by atoms with Crippen LogP contribution in [0.3, 0.4) is 0 Å². The summed E-state index contributed by atoms with van der Waals surface area (Å²) in [5, 5.41) is 0. The van der Waals surface area contributed by atoms with Gasteiger partial charge in [0.25, 0.3) is 0 Å². The Hall–Kier alpha value is -0.380. The van der Waals surface area contributed by atoms with E-state index in [9.17, 15) is 0 Å². The fourth-order valence-corrected chi connectivity index (χ4v) is 3.17. The lowest BCUT2D eigenvalue weighted by atomic mass is 9.96. The van der Waals surface area contributed by atoms with Crippen molar-refractivity contribution in [3.63, 3.8) is 0 Å². The van der Waals surface area contributed by atoms with Crippen LogP contribution in [0.1, 0.15) is 54.5 Å². The van der Waals surface area contributed by atoms with Crippen molar-refractivity contribution in [3.05, 3.63) is 21.4 Å². The van der Waals surface area contributed by atoms with E-state index in [1.165, 1.54) is 28.2 Å². The standard InChI is InChI=1S/C13H24N2S/c1-5-6-9(2)7-12(15-14)13-8-10(3)11(4)16-13/h8-9,12,15H,5-7,14H2,1-4H3. The molecule has 1 rings (SSSR count). The minimum absolute atomic E-state index is 0.318. The quantitative estimate of drug-likeness (QED) is 0.588. The number of nitrogens with one attached hydrogen (secondary N) is 1. The van der Waals surface area contributed by atoms with Crippen LogP contribution in [0.15, 0.2) is 6.07 Å². The van der Waals surface area contributed by atoms with E-state index in [0.29, 0.717) is 6.04 Å². The highest BCUT2D eigenvalue weighted by atomic mass is 32.1. The van der Waals surface area contributed by atoms with Gasteiger partial charge in [-0.05, 0) is 37.8 Å². The first kappa shape index (κ1) is 13.7. The highest BCUT2D eigenvalue weighted by Crippen LogP contribution is 2.30. The van der Waals surface area contributed by atoms with Crippen molar-refractivity contribution < 1.29 is 0 Å². The lowest BCUT2D eigenvalue weighted by Crippen LogP contribution is -2.28. The number of thiophene rings is 1. The Morgan fingerprint density at radius 1 is 1.44 bits per heavy atom. The molecule has 0 spiro atoms. The van der Waals surface area contributed by atoms with Crippen molar-refractivity contribution >= 4 is 11.3 Å². The fourth-order valence-electron chi connectivity index (χ4n) is 2.05. The maximum atomic E-state index is 5.67. The van der Waals surface area contributed by atoms with Gasteiger partial charge >= 0.3 is 0 Å². The molecule has 16 heavy (non-hydrogen) atoms. The second-order valence-corrected chi connectivity index (χ2v) is 6.02. The summed E-state index contributed by atoms with van der Waals surface area (Å²) >= 11 is 1.86. The van der Waals surface area contributed by atoms with Crippen molar-refractivity contribution in [3.8, 4) is 0 Å². The van der Waals surface area contributed by atoms with Gasteiger partial charge in [-0.1, -0.05) is 26.7 Å². The predicted molar refractivity (Wildman–Crippen MR) is 72.5 cm³/mol. The van der Waals surface area contributed by atoms with E-state index in [4.69, 9.17) is 5.84 Å². The molecule has 0 aliphatic carbocycles. The largest absolute Gasteiger partial charge is 0.271 e. The van der Waals surface area contributed by atoms with Crippen molar-refractivity contribution in [2.24, 2.45) is 11.8 Å². The molecule has 1 heterocycles. The van der Waals surface area contributed by atoms with Gasteiger partial charge in [0.2, 0.25) is 0 Å². The number of hydrazine groups is 1. The molecule has 0 bridgehead atoms. The molecule has 0 saturated heterocycles. The topological polar surface area (TPSA) is 38.0 Å². The summed E-state index contributed by atoms with van der Waals surface area (Å²) in [6, 6.07) is 2.59. The average molecular weight is 240 g/mol. The smallest absolute Gasteiger partial charge is 0.0556 e. The summed E-state index contributed by atoms with van der Waals surface area (Å²) in [6.45, 7) is 8.88. The molecule has 2 nitrogen and oxygen atoms in total. The molecule has 0 aromatic carbocycles. The van der Waals surface area contributed by atoms with E-state index in [0.717, 1.165) is 12.3 Å². The van der Waals surface area contributed by atoms with Gasteiger partial charge < -0.3 is 0 Å². The Bertz CT molecular complexity index is 300. The molecule has 3 heteroatoms. The molecule has 0 aliphatic rings. The van der Waals surface area contributed by atoms with E-state index in [1.807, 2.05) is 11.3 Å². The van der Waals surface area contributed by atoms with Crippen LogP contribution < -0.4 is 11.3 Å². The average Bonchev–Trinajstić information content (AvgIpc) is 2.56. The van der Waals surface area contributed by atoms with Crippen LogP contribution in [-0.2, 0) is 0 Å². The van der Waals surface area contributed by atoms with Gasteiger partial charge in [0.15, 0.2) is 0 Å². The van der Waals surface area contributed by atoms with Gasteiger partial charge in [-0.25, -0.2) is 0 Å². The first-order chi connectivity index (χ1) is 7.58. The fraction of sp³-hybridized carbons (Fsp3) is 0.692. The molecule has 0 amide bonds. The number of nitrogens with two attached hydrogens (primary N) is 1. The predicted octanol–water partition coefficient (Wildman–Crippen LogP) is 3.70. The summed E-state index contributed by atoms with van der Waals surface area (Å²) in [4.78, 5) is 2.78. The first-order valence-electron chi connectivity index (χ1n) is 6.11. The second-order valence-electron chi connectivity index (χ2n) is 4.74. The normalized spacial score (nSPS) is 15.1. The number of hydrogen-bond donors (Lipinski definition) is 2. The highest BCUT2D eigenvalue weighted by Gasteiger charge is 2.16. The Balaban J connectivity index is 2.67. The molecule has 0 aliphatic heterocycles. The van der Waals surface area contributed by atoms with Crippen LogP contribution in [0.4, 0.5) is 0 Å². The molecular formula is C13H24N2S. The van der Waals surface area contributed by atoms with Crippen molar-refractivity contribution in [2.75, 3.05) is 0 Å². The van der Waals surface area contributed by atoms with Gasteiger partial charge in [-0.3, -0.25) is 11.3 Å². The van der Waals surface area contributed by atoms with E-state index in [2.05, 4.69) is 39.2 Å². The Morgan fingerprint density at radius 3 is 2.56 bits per heavy atom. The minimum atomic E-state index is 0.318. The number of rotatable bonds is 6. The summed E-state index contributed by atoms with van der Waals surface area (Å²) in [5.41, 5.74) is 4.34. The molecule has 2 unspecified atom stereocenters. The summed E-state index contributed by atoms with van der Waals surface area (Å²) in [5.74, 6) is 6.40. The molecule has 0 fully saturated rings. The molecular weight excluding hydrogens is 216 g/mol. The van der Waals surface area contributed by atoms with E-state index in [1.54, 1.807) is 0 Å². The molecule has 0 saturated carbocycles. The van der Waals surface area contributed by atoms with Gasteiger partial charge in [0.05, 0.1) is 6.04 Å². The lowest BCUT2D eigenvalue weighted by molar-refractivity contribution is 0.398. The maximum absolute atomic E-state index is 5.67. The third-order valence-corrected chi connectivity index (χ3v) is 4.42. The summed E-state index contributed by atoms with van der Waals surface area (Å²) < 4.78 is 0. The highest BCUT2D eigenvalue weighted by molar-refractivity contribution is 7.12. The Kier molecular flexibility index (Phi) is 5.46. The molecule has 92 valence electrons. The summed E-state index contributed by atoms with van der Waals surface area (Å²) in [6.07, 6.45) is 3.66. The van der Waals surface area contributed by atoms with Gasteiger partial charge in [0, 0.05) is 9.75 Å². The van der Waals surface area contributed by atoms with Gasteiger partial charge in [-0.2, -0.15) is 0 Å². The Labute approximate surface area is 103 Å². The molecule has 3 N–H and O–H groups in total. The molecule has 0 radical (unpaired) electrons. The molecule has 1 aromatic rings. The van der Waals surface area contributed by atoms with E-state index < -0.39 is 0 Å². The van der Waals surface area contributed by atoms with Crippen LogP contribution in [-0.4, -0.2) is 0 Å².